The second-order valence-corrected chi connectivity index (χ2v) is 7.96. The van der Waals surface area contributed by atoms with Crippen LogP contribution >= 0.6 is 23.4 Å². The number of likely N-dealkylation sites (tertiary alicyclic amines) is 1. The Labute approximate surface area is 155 Å². The Bertz CT molecular complexity index is 750. The van der Waals surface area contributed by atoms with Gasteiger partial charge in [-0.2, -0.15) is 0 Å². The fraction of sp³-hybridized carbons (Fsp3) is 0.368. The maximum absolute atomic E-state index is 14.0. The third kappa shape index (κ3) is 4.53. The van der Waals surface area contributed by atoms with Crippen LogP contribution in [0.5, 0.6) is 0 Å². The van der Waals surface area contributed by atoms with Crippen molar-refractivity contribution in [3.05, 3.63) is 58.6 Å². The van der Waals surface area contributed by atoms with E-state index in [0.717, 1.165) is 49.8 Å². The number of halogens is 3. The summed E-state index contributed by atoms with van der Waals surface area (Å²) < 4.78 is 27.4. The highest BCUT2D eigenvalue weighted by molar-refractivity contribution is 7.99. The molecule has 1 fully saturated rings. The minimum atomic E-state index is -0.675. The molecule has 1 aliphatic heterocycles. The molecule has 6 heteroatoms. The zero-order valence-electron chi connectivity index (χ0n) is 13.9. The molecule has 1 N–H and O–H groups in total. The van der Waals surface area contributed by atoms with Gasteiger partial charge in [-0.3, -0.25) is 0 Å². The maximum Gasteiger partial charge on any atom is 0.137 e. The van der Waals surface area contributed by atoms with Crippen molar-refractivity contribution in [2.45, 2.75) is 28.7 Å². The number of hydrogen-bond acceptors (Lipinski definition) is 3. The van der Waals surface area contributed by atoms with Gasteiger partial charge in [0.05, 0.1) is 11.0 Å². The molecule has 0 radical (unpaired) electrons. The summed E-state index contributed by atoms with van der Waals surface area (Å²) in [5, 5.41) is 11.4. The van der Waals surface area contributed by atoms with Gasteiger partial charge in [-0.25, -0.2) is 8.78 Å². The highest BCUT2D eigenvalue weighted by Gasteiger charge is 2.27. The Balaban J connectivity index is 1.88. The number of benzene rings is 2. The molecule has 2 nitrogen and oxygen atoms in total. The second-order valence-electron chi connectivity index (χ2n) is 6.44. The van der Waals surface area contributed by atoms with E-state index in [2.05, 4.69) is 11.9 Å². The smallest absolute Gasteiger partial charge is 0.137 e. The fourth-order valence-corrected chi connectivity index (χ4v) is 4.30. The van der Waals surface area contributed by atoms with E-state index in [-0.39, 0.29) is 10.8 Å². The van der Waals surface area contributed by atoms with E-state index in [1.54, 1.807) is 18.2 Å². The first-order chi connectivity index (χ1) is 11.9. The summed E-state index contributed by atoms with van der Waals surface area (Å²) in [6.45, 7) is 1.87. The lowest BCUT2D eigenvalue weighted by molar-refractivity contribution is 0.0639. The molecule has 1 heterocycles. The van der Waals surface area contributed by atoms with E-state index >= 15 is 0 Å². The Morgan fingerprint density at radius 3 is 2.56 bits per heavy atom. The minimum absolute atomic E-state index is 0.131. The number of nitrogens with zero attached hydrogens (tertiary/aromatic N) is 1. The molecule has 3 rings (SSSR count). The van der Waals surface area contributed by atoms with Gasteiger partial charge in [0.1, 0.15) is 11.6 Å². The molecule has 0 saturated carbocycles. The average Bonchev–Trinajstić information content (AvgIpc) is 2.59. The first-order valence-electron chi connectivity index (χ1n) is 8.23. The zero-order chi connectivity index (χ0) is 18.0. The van der Waals surface area contributed by atoms with Crippen molar-refractivity contribution in [1.82, 2.24) is 4.90 Å². The summed E-state index contributed by atoms with van der Waals surface area (Å²) in [6, 6.07) is 8.55. The lowest BCUT2D eigenvalue weighted by Gasteiger charge is -2.32. The molecule has 0 spiro atoms. The highest BCUT2D eigenvalue weighted by Crippen LogP contribution is 2.40. The summed E-state index contributed by atoms with van der Waals surface area (Å²) in [6.07, 6.45) is 1.11. The molecule has 134 valence electrons. The summed E-state index contributed by atoms with van der Waals surface area (Å²) >= 11 is 7.23. The third-order valence-corrected chi connectivity index (χ3v) is 5.97. The van der Waals surface area contributed by atoms with Crippen molar-refractivity contribution in [2.24, 2.45) is 5.92 Å². The summed E-state index contributed by atoms with van der Waals surface area (Å²) in [7, 11) is 2.07. The van der Waals surface area contributed by atoms with E-state index in [4.69, 9.17) is 11.6 Å². The summed E-state index contributed by atoms with van der Waals surface area (Å²) in [5.41, 5.74) is 0.677. The molecule has 1 atom stereocenters. The van der Waals surface area contributed by atoms with Crippen molar-refractivity contribution < 1.29 is 13.9 Å². The van der Waals surface area contributed by atoms with Crippen molar-refractivity contribution >= 4 is 23.4 Å². The van der Waals surface area contributed by atoms with E-state index in [9.17, 15) is 13.9 Å². The van der Waals surface area contributed by atoms with E-state index in [1.807, 2.05) is 0 Å². The van der Waals surface area contributed by atoms with Crippen LogP contribution in [-0.2, 0) is 0 Å². The van der Waals surface area contributed by atoms with Gasteiger partial charge in [0.2, 0.25) is 0 Å². The highest BCUT2D eigenvalue weighted by atomic mass is 35.5. The Morgan fingerprint density at radius 1 is 1.12 bits per heavy atom. The fourth-order valence-electron chi connectivity index (χ4n) is 3.12. The Kier molecular flexibility index (Phi) is 6.00. The van der Waals surface area contributed by atoms with Crippen LogP contribution < -0.4 is 0 Å². The third-order valence-electron chi connectivity index (χ3n) is 4.61. The quantitative estimate of drug-likeness (QED) is 0.790. The molecule has 0 amide bonds. The summed E-state index contributed by atoms with van der Waals surface area (Å²) in [4.78, 5) is 3.12. The van der Waals surface area contributed by atoms with Gasteiger partial charge in [-0.1, -0.05) is 23.4 Å². The lowest BCUT2D eigenvalue weighted by Crippen LogP contribution is -2.32. The van der Waals surface area contributed by atoms with E-state index < -0.39 is 17.7 Å². The van der Waals surface area contributed by atoms with Crippen LogP contribution in [0.3, 0.4) is 0 Å². The van der Waals surface area contributed by atoms with Gasteiger partial charge in [0, 0.05) is 9.92 Å². The molecule has 1 saturated heterocycles. The van der Waals surface area contributed by atoms with Gasteiger partial charge in [-0.05, 0) is 80.9 Å². The first kappa shape index (κ1) is 18.6. The minimum Gasteiger partial charge on any atom is -0.388 e. The molecule has 0 aromatic heterocycles. The van der Waals surface area contributed by atoms with Crippen LogP contribution in [0.15, 0.2) is 46.2 Å². The monoisotopic (exact) mass is 383 g/mol. The predicted octanol–water partition coefficient (Wildman–Crippen LogP) is 5.14. The van der Waals surface area contributed by atoms with Crippen LogP contribution in [0.2, 0.25) is 5.02 Å². The Hall–Kier alpha value is -1.14. The van der Waals surface area contributed by atoms with Crippen LogP contribution in [-0.4, -0.2) is 30.1 Å². The van der Waals surface area contributed by atoms with Gasteiger partial charge in [0.25, 0.3) is 0 Å². The van der Waals surface area contributed by atoms with E-state index in [0.29, 0.717) is 15.5 Å². The van der Waals surface area contributed by atoms with Crippen LogP contribution in [0.4, 0.5) is 8.78 Å². The van der Waals surface area contributed by atoms with E-state index in [1.165, 1.54) is 6.07 Å². The van der Waals surface area contributed by atoms with Crippen molar-refractivity contribution in [3.63, 3.8) is 0 Å². The normalized spacial score (nSPS) is 17.6. The van der Waals surface area contributed by atoms with Gasteiger partial charge in [-0.15, -0.1) is 0 Å². The lowest BCUT2D eigenvalue weighted by atomic mass is 9.87. The molecule has 25 heavy (non-hydrogen) atoms. The van der Waals surface area contributed by atoms with Gasteiger partial charge < -0.3 is 10.0 Å². The SMILES string of the molecule is CN1CCC(C(O)c2cc(Cl)ccc2Sc2cc(F)ccc2F)CC1. The first-order valence-corrected chi connectivity index (χ1v) is 9.42. The number of aliphatic hydroxyl groups excluding tert-OH is 1. The molecule has 1 unspecified atom stereocenters. The predicted molar refractivity (Wildman–Crippen MR) is 97.1 cm³/mol. The van der Waals surface area contributed by atoms with Crippen LogP contribution in [0, 0.1) is 17.6 Å². The van der Waals surface area contributed by atoms with Crippen molar-refractivity contribution in [1.29, 1.82) is 0 Å². The van der Waals surface area contributed by atoms with Crippen molar-refractivity contribution in [3.8, 4) is 0 Å². The molecule has 1 aliphatic rings. The number of hydrogen-bond donors (Lipinski definition) is 1. The van der Waals surface area contributed by atoms with Crippen molar-refractivity contribution in [2.75, 3.05) is 20.1 Å². The summed E-state index contributed by atoms with van der Waals surface area (Å²) in [5.74, 6) is -0.845. The zero-order valence-corrected chi connectivity index (χ0v) is 15.5. The second kappa shape index (κ2) is 8.04. The number of piperidine rings is 1. The molecular weight excluding hydrogens is 364 g/mol. The topological polar surface area (TPSA) is 23.5 Å². The molecule has 2 aromatic rings. The molecule has 0 bridgehead atoms. The molecular formula is C19H20ClF2NOS. The number of rotatable bonds is 4. The standard InChI is InChI=1S/C19H20ClF2NOS/c1-23-8-6-12(7-9-23)19(24)15-10-13(20)2-5-17(15)25-18-11-14(21)3-4-16(18)22/h2-5,10-12,19,24H,6-9H2,1H3. The maximum atomic E-state index is 14.0. The Morgan fingerprint density at radius 2 is 1.84 bits per heavy atom. The van der Waals surface area contributed by atoms with Gasteiger partial charge >= 0.3 is 0 Å². The molecule has 2 aromatic carbocycles. The van der Waals surface area contributed by atoms with Crippen LogP contribution in [0.1, 0.15) is 24.5 Å². The van der Waals surface area contributed by atoms with Gasteiger partial charge in [0.15, 0.2) is 0 Å². The largest absolute Gasteiger partial charge is 0.388 e. The van der Waals surface area contributed by atoms with Crippen LogP contribution in [0.25, 0.3) is 0 Å². The number of aliphatic hydroxyl groups is 1. The average molecular weight is 384 g/mol. The molecule has 0 aliphatic carbocycles.